The highest BCUT2D eigenvalue weighted by atomic mass is 19.1. The van der Waals surface area contributed by atoms with Crippen LogP contribution in [0.2, 0.25) is 0 Å². The number of halogens is 1. The summed E-state index contributed by atoms with van der Waals surface area (Å²) in [6.07, 6.45) is 0.672. The maximum Gasteiger partial charge on any atom is 0.267 e. The zero-order chi connectivity index (χ0) is 15.5. The number of fused-ring (bicyclic) bond motifs is 1. The third-order valence-electron chi connectivity index (χ3n) is 3.64. The fraction of sp³-hybridized carbons (Fsp3) is 0.167. The third-order valence-corrected chi connectivity index (χ3v) is 3.64. The van der Waals surface area contributed by atoms with E-state index >= 15 is 0 Å². The lowest BCUT2D eigenvalue weighted by molar-refractivity contribution is 0.0950. The molecule has 4 heteroatoms. The first-order valence-corrected chi connectivity index (χ1v) is 7.24. The molecule has 0 saturated carbocycles. The summed E-state index contributed by atoms with van der Waals surface area (Å²) >= 11 is 0. The number of aromatic nitrogens is 1. The Morgan fingerprint density at radius 3 is 2.68 bits per heavy atom. The number of aromatic amines is 1. The van der Waals surface area contributed by atoms with Crippen LogP contribution < -0.4 is 5.32 Å². The lowest BCUT2D eigenvalue weighted by atomic mass is 10.1. The van der Waals surface area contributed by atoms with Crippen LogP contribution in [-0.4, -0.2) is 17.4 Å². The third kappa shape index (κ3) is 3.17. The van der Waals surface area contributed by atoms with Gasteiger partial charge in [-0.3, -0.25) is 4.79 Å². The summed E-state index contributed by atoms with van der Waals surface area (Å²) in [6, 6.07) is 14.2. The molecule has 2 aromatic carbocycles. The van der Waals surface area contributed by atoms with Crippen molar-refractivity contribution >= 4 is 16.8 Å². The van der Waals surface area contributed by atoms with Crippen molar-refractivity contribution in [2.75, 3.05) is 6.54 Å². The van der Waals surface area contributed by atoms with E-state index in [1.807, 2.05) is 31.2 Å². The fourth-order valence-electron chi connectivity index (χ4n) is 2.43. The lowest BCUT2D eigenvalue weighted by Gasteiger charge is -2.04. The van der Waals surface area contributed by atoms with Crippen molar-refractivity contribution in [1.29, 1.82) is 0 Å². The monoisotopic (exact) mass is 296 g/mol. The average molecular weight is 296 g/mol. The molecule has 3 nitrogen and oxygen atoms in total. The highest BCUT2D eigenvalue weighted by Gasteiger charge is 2.09. The van der Waals surface area contributed by atoms with Crippen molar-refractivity contribution in [1.82, 2.24) is 10.3 Å². The molecular weight excluding hydrogens is 279 g/mol. The SMILES string of the molecule is Cc1ccc2cc(C(=O)NCCc3ccc(F)cc3)[nH]c2c1. The van der Waals surface area contributed by atoms with E-state index in [9.17, 15) is 9.18 Å². The van der Waals surface area contributed by atoms with Crippen LogP contribution in [0.5, 0.6) is 0 Å². The smallest absolute Gasteiger partial charge is 0.267 e. The minimum absolute atomic E-state index is 0.129. The predicted octanol–water partition coefficient (Wildman–Crippen LogP) is 3.59. The summed E-state index contributed by atoms with van der Waals surface area (Å²) in [7, 11) is 0. The van der Waals surface area contributed by atoms with Crippen LogP contribution in [0, 0.1) is 12.7 Å². The molecule has 0 aliphatic rings. The van der Waals surface area contributed by atoms with Gasteiger partial charge in [0.05, 0.1) is 0 Å². The van der Waals surface area contributed by atoms with E-state index in [0.29, 0.717) is 18.7 Å². The van der Waals surface area contributed by atoms with E-state index in [2.05, 4.69) is 10.3 Å². The second-order valence-corrected chi connectivity index (χ2v) is 5.41. The highest BCUT2D eigenvalue weighted by Crippen LogP contribution is 2.16. The molecule has 0 aliphatic carbocycles. The van der Waals surface area contributed by atoms with E-state index in [1.165, 1.54) is 12.1 Å². The summed E-state index contributed by atoms with van der Waals surface area (Å²) in [4.78, 5) is 15.3. The maximum absolute atomic E-state index is 12.8. The zero-order valence-electron chi connectivity index (χ0n) is 12.3. The van der Waals surface area contributed by atoms with Gasteiger partial charge in [-0.05, 0) is 48.7 Å². The number of amides is 1. The first-order valence-electron chi connectivity index (χ1n) is 7.24. The minimum Gasteiger partial charge on any atom is -0.351 e. The molecule has 0 saturated heterocycles. The van der Waals surface area contributed by atoms with Gasteiger partial charge < -0.3 is 10.3 Å². The van der Waals surface area contributed by atoms with Gasteiger partial charge in [-0.15, -0.1) is 0 Å². The molecule has 112 valence electrons. The molecule has 0 unspecified atom stereocenters. The average Bonchev–Trinajstić information content (AvgIpc) is 2.92. The molecule has 0 atom stereocenters. The Morgan fingerprint density at radius 1 is 1.14 bits per heavy atom. The summed E-state index contributed by atoms with van der Waals surface area (Å²) in [6.45, 7) is 2.53. The van der Waals surface area contributed by atoms with Crippen LogP contribution in [-0.2, 0) is 6.42 Å². The van der Waals surface area contributed by atoms with Crippen molar-refractivity contribution in [3.63, 3.8) is 0 Å². The molecule has 3 rings (SSSR count). The van der Waals surface area contributed by atoms with Crippen LogP contribution in [0.4, 0.5) is 4.39 Å². The van der Waals surface area contributed by atoms with Gasteiger partial charge in [0.2, 0.25) is 0 Å². The number of carbonyl (C=O) groups excluding carboxylic acids is 1. The summed E-state index contributed by atoms with van der Waals surface area (Å²) in [5, 5.41) is 3.90. The number of rotatable bonds is 4. The van der Waals surface area contributed by atoms with Crippen molar-refractivity contribution in [2.45, 2.75) is 13.3 Å². The van der Waals surface area contributed by atoms with Gasteiger partial charge in [-0.1, -0.05) is 24.3 Å². The maximum atomic E-state index is 12.8. The van der Waals surface area contributed by atoms with E-state index in [0.717, 1.165) is 22.0 Å². The number of benzene rings is 2. The quantitative estimate of drug-likeness (QED) is 0.759. The molecule has 0 fully saturated rings. The fourth-order valence-corrected chi connectivity index (χ4v) is 2.43. The van der Waals surface area contributed by atoms with Gasteiger partial charge in [0, 0.05) is 17.4 Å². The van der Waals surface area contributed by atoms with Crippen LogP contribution >= 0.6 is 0 Å². The topological polar surface area (TPSA) is 44.9 Å². The molecule has 1 heterocycles. The first kappa shape index (κ1) is 14.3. The van der Waals surface area contributed by atoms with Gasteiger partial charge in [0.25, 0.3) is 5.91 Å². The standard InChI is InChI=1S/C18H17FN2O/c1-12-2-5-14-11-17(21-16(14)10-12)18(22)20-9-8-13-3-6-15(19)7-4-13/h2-7,10-11,21H,8-9H2,1H3,(H,20,22). The number of carbonyl (C=O) groups is 1. The van der Waals surface area contributed by atoms with Crippen LogP contribution in [0.3, 0.4) is 0 Å². The Labute approximate surface area is 128 Å². The number of aryl methyl sites for hydroxylation is 1. The number of H-pyrrole nitrogens is 1. The van der Waals surface area contributed by atoms with Crippen molar-refractivity contribution < 1.29 is 9.18 Å². The predicted molar refractivity (Wildman–Crippen MR) is 85.5 cm³/mol. The molecule has 0 bridgehead atoms. The van der Waals surface area contributed by atoms with Crippen molar-refractivity contribution in [3.05, 3.63) is 71.2 Å². The summed E-state index contributed by atoms with van der Waals surface area (Å²) in [5.74, 6) is -0.378. The molecule has 0 radical (unpaired) electrons. The molecule has 1 aromatic heterocycles. The number of hydrogen-bond donors (Lipinski definition) is 2. The van der Waals surface area contributed by atoms with Crippen molar-refractivity contribution in [3.8, 4) is 0 Å². The Morgan fingerprint density at radius 2 is 1.91 bits per heavy atom. The van der Waals surface area contributed by atoms with Crippen LogP contribution in [0.15, 0.2) is 48.5 Å². The molecule has 1 amide bonds. The Bertz CT molecular complexity index is 806. The molecule has 2 N–H and O–H groups in total. The van der Waals surface area contributed by atoms with E-state index in [-0.39, 0.29) is 11.7 Å². The van der Waals surface area contributed by atoms with Gasteiger partial charge in [0.1, 0.15) is 11.5 Å². The molecule has 0 spiro atoms. The second kappa shape index (κ2) is 6.02. The van der Waals surface area contributed by atoms with E-state index < -0.39 is 0 Å². The molecule has 22 heavy (non-hydrogen) atoms. The largest absolute Gasteiger partial charge is 0.351 e. The van der Waals surface area contributed by atoms with E-state index in [1.54, 1.807) is 12.1 Å². The van der Waals surface area contributed by atoms with Gasteiger partial charge >= 0.3 is 0 Å². The Balaban J connectivity index is 1.62. The zero-order valence-corrected chi connectivity index (χ0v) is 12.3. The van der Waals surface area contributed by atoms with Gasteiger partial charge in [0.15, 0.2) is 0 Å². The Hall–Kier alpha value is -2.62. The minimum atomic E-state index is -0.249. The first-order chi connectivity index (χ1) is 10.6. The van der Waals surface area contributed by atoms with Crippen LogP contribution in [0.25, 0.3) is 10.9 Å². The molecular formula is C18H17FN2O. The van der Waals surface area contributed by atoms with Crippen molar-refractivity contribution in [2.24, 2.45) is 0 Å². The highest BCUT2D eigenvalue weighted by molar-refractivity contribution is 5.98. The Kier molecular flexibility index (Phi) is 3.92. The summed E-state index contributed by atoms with van der Waals surface area (Å²) < 4.78 is 12.8. The second-order valence-electron chi connectivity index (χ2n) is 5.41. The lowest BCUT2D eigenvalue weighted by Crippen LogP contribution is -2.25. The van der Waals surface area contributed by atoms with Crippen LogP contribution in [0.1, 0.15) is 21.6 Å². The number of nitrogens with one attached hydrogen (secondary N) is 2. The normalized spacial score (nSPS) is 10.8. The van der Waals surface area contributed by atoms with Gasteiger partial charge in [-0.25, -0.2) is 4.39 Å². The molecule has 0 aliphatic heterocycles. The summed E-state index contributed by atoms with van der Waals surface area (Å²) in [5.41, 5.74) is 3.66. The molecule has 3 aromatic rings. The van der Waals surface area contributed by atoms with Gasteiger partial charge in [-0.2, -0.15) is 0 Å². The number of hydrogen-bond acceptors (Lipinski definition) is 1. The van der Waals surface area contributed by atoms with E-state index in [4.69, 9.17) is 0 Å².